The fraction of sp³-hybridized carbons (Fsp3) is 0. The van der Waals surface area contributed by atoms with Crippen LogP contribution in [-0.2, 0) is 0 Å². The normalized spacial score (nSPS) is 10.2. The van der Waals surface area contributed by atoms with Gasteiger partial charge in [-0.3, -0.25) is 15.1 Å². The molecule has 2 N–H and O–H groups in total. The van der Waals surface area contributed by atoms with Gasteiger partial charge in [0.2, 0.25) is 5.82 Å². The molecule has 9 heteroatoms. The van der Waals surface area contributed by atoms with E-state index in [-0.39, 0.29) is 5.13 Å². The summed E-state index contributed by atoms with van der Waals surface area (Å²) in [5.41, 5.74) is -2.20. The number of carbonyl (C=O) groups is 1. The maximum atomic E-state index is 12.9. The van der Waals surface area contributed by atoms with Gasteiger partial charge in [0.15, 0.2) is 5.13 Å². The zero-order valence-electron chi connectivity index (χ0n) is 8.14. The summed E-state index contributed by atoms with van der Waals surface area (Å²) in [6.45, 7) is 0. The number of thiazole rings is 1. The molecule has 0 spiro atoms. The second-order valence-corrected chi connectivity index (χ2v) is 3.77. The molecule has 88 valence electrons. The highest BCUT2D eigenvalue weighted by atomic mass is 32.1. The zero-order chi connectivity index (χ0) is 12.4. The molecule has 2 rings (SSSR count). The van der Waals surface area contributed by atoms with Crippen molar-refractivity contribution in [2.24, 2.45) is 0 Å². The third kappa shape index (κ3) is 2.28. The lowest BCUT2D eigenvalue weighted by Gasteiger charge is -2.03. The maximum Gasteiger partial charge on any atom is 0.336 e. The lowest BCUT2D eigenvalue weighted by molar-refractivity contribution is 0.252. The summed E-state index contributed by atoms with van der Waals surface area (Å²) in [4.78, 5) is 38.9. The topological polar surface area (TPSA) is 96.8 Å². The van der Waals surface area contributed by atoms with Crippen LogP contribution in [0.15, 0.2) is 27.4 Å². The molecule has 1 amide bonds. The van der Waals surface area contributed by atoms with E-state index >= 15 is 0 Å². The van der Waals surface area contributed by atoms with Crippen LogP contribution in [0.1, 0.15) is 0 Å². The molecule has 0 fully saturated rings. The van der Waals surface area contributed by atoms with Gasteiger partial charge in [-0.05, 0) is 0 Å². The van der Waals surface area contributed by atoms with Gasteiger partial charge in [-0.25, -0.2) is 19.1 Å². The van der Waals surface area contributed by atoms with Crippen LogP contribution in [-0.4, -0.2) is 20.6 Å². The average molecular weight is 256 g/mol. The standard InChI is InChI=1S/C8H5FN4O3S/c9-4-3-13(7(15)11-5(4)14)8(16)12-6-10-1-2-17-6/h1-3H,(H,10,12,16)(H,11,14,15). The summed E-state index contributed by atoms with van der Waals surface area (Å²) in [5.74, 6) is -1.22. The molecule has 2 heterocycles. The van der Waals surface area contributed by atoms with Crippen LogP contribution in [0.4, 0.5) is 14.3 Å². The van der Waals surface area contributed by atoms with Crippen molar-refractivity contribution in [3.05, 3.63) is 44.4 Å². The molecule has 0 bridgehead atoms. The van der Waals surface area contributed by atoms with Crippen LogP contribution in [0.5, 0.6) is 0 Å². The summed E-state index contributed by atoms with van der Waals surface area (Å²) < 4.78 is 13.3. The molecular formula is C8H5FN4O3S. The van der Waals surface area contributed by atoms with E-state index in [1.165, 1.54) is 6.20 Å². The number of halogens is 1. The van der Waals surface area contributed by atoms with Crippen molar-refractivity contribution in [3.63, 3.8) is 0 Å². The number of aromatic nitrogens is 3. The first-order valence-corrected chi connectivity index (χ1v) is 5.18. The van der Waals surface area contributed by atoms with Crippen molar-refractivity contribution in [1.29, 1.82) is 0 Å². The summed E-state index contributed by atoms with van der Waals surface area (Å²) >= 11 is 1.14. The quantitative estimate of drug-likeness (QED) is 0.762. The van der Waals surface area contributed by atoms with Gasteiger partial charge in [0.1, 0.15) is 0 Å². The molecule has 0 aromatic carbocycles. The van der Waals surface area contributed by atoms with Gasteiger partial charge in [0.05, 0.1) is 6.20 Å². The van der Waals surface area contributed by atoms with E-state index in [2.05, 4.69) is 10.3 Å². The van der Waals surface area contributed by atoms with Crippen molar-refractivity contribution in [1.82, 2.24) is 14.5 Å². The summed E-state index contributed by atoms with van der Waals surface area (Å²) in [7, 11) is 0. The van der Waals surface area contributed by atoms with E-state index < -0.39 is 23.1 Å². The minimum Gasteiger partial charge on any atom is -0.283 e. The summed E-state index contributed by atoms with van der Waals surface area (Å²) in [6.07, 6.45) is 1.97. The fourth-order valence-corrected chi connectivity index (χ4v) is 1.55. The molecular weight excluding hydrogens is 251 g/mol. The number of rotatable bonds is 1. The molecule has 0 saturated carbocycles. The third-order valence-corrected chi connectivity index (χ3v) is 2.45. The lowest BCUT2D eigenvalue weighted by Crippen LogP contribution is -2.37. The molecule has 0 aliphatic heterocycles. The molecule has 0 aliphatic carbocycles. The molecule has 17 heavy (non-hydrogen) atoms. The van der Waals surface area contributed by atoms with Crippen LogP contribution in [0.3, 0.4) is 0 Å². The Balaban J connectivity index is 2.35. The van der Waals surface area contributed by atoms with Crippen molar-refractivity contribution in [2.75, 3.05) is 5.32 Å². The number of anilines is 1. The Morgan fingerprint density at radius 1 is 1.53 bits per heavy atom. The molecule has 0 radical (unpaired) electrons. The highest BCUT2D eigenvalue weighted by Crippen LogP contribution is 2.09. The number of hydrogen-bond acceptors (Lipinski definition) is 5. The predicted molar refractivity (Wildman–Crippen MR) is 57.8 cm³/mol. The van der Waals surface area contributed by atoms with E-state index in [1.54, 1.807) is 10.4 Å². The number of hydrogen-bond donors (Lipinski definition) is 2. The average Bonchev–Trinajstić information content (AvgIpc) is 2.76. The Morgan fingerprint density at radius 2 is 2.29 bits per heavy atom. The second-order valence-electron chi connectivity index (χ2n) is 2.87. The minimum atomic E-state index is -1.22. The summed E-state index contributed by atoms with van der Waals surface area (Å²) in [5, 5.41) is 4.14. The third-order valence-electron chi connectivity index (χ3n) is 1.76. The molecule has 7 nitrogen and oxygen atoms in total. The molecule has 2 aromatic heterocycles. The Bertz CT molecular complexity index is 660. The van der Waals surface area contributed by atoms with Crippen LogP contribution in [0, 0.1) is 5.82 Å². The number of H-pyrrole nitrogens is 1. The highest BCUT2D eigenvalue weighted by Gasteiger charge is 2.11. The van der Waals surface area contributed by atoms with Crippen molar-refractivity contribution >= 4 is 22.5 Å². The highest BCUT2D eigenvalue weighted by molar-refractivity contribution is 7.13. The number of carbonyl (C=O) groups excluding carboxylic acids is 1. The smallest absolute Gasteiger partial charge is 0.283 e. The largest absolute Gasteiger partial charge is 0.336 e. The van der Waals surface area contributed by atoms with E-state index in [9.17, 15) is 18.8 Å². The van der Waals surface area contributed by atoms with Gasteiger partial charge < -0.3 is 0 Å². The Kier molecular flexibility index (Phi) is 2.83. The van der Waals surface area contributed by atoms with E-state index in [0.717, 1.165) is 11.3 Å². The molecule has 0 saturated heterocycles. The second kappa shape index (κ2) is 4.29. The Morgan fingerprint density at radius 3 is 2.94 bits per heavy atom. The summed E-state index contributed by atoms with van der Waals surface area (Å²) in [6, 6.07) is -0.903. The van der Waals surface area contributed by atoms with Crippen molar-refractivity contribution in [3.8, 4) is 0 Å². The monoisotopic (exact) mass is 256 g/mol. The Labute approximate surface area is 96.6 Å². The van der Waals surface area contributed by atoms with Gasteiger partial charge in [-0.15, -0.1) is 11.3 Å². The van der Waals surface area contributed by atoms with E-state index in [1.807, 2.05) is 0 Å². The fourth-order valence-electron chi connectivity index (χ4n) is 1.04. The van der Waals surface area contributed by atoms with E-state index in [0.29, 0.717) is 10.8 Å². The molecule has 0 unspecified atom stereocenters. The van der Waals surface area contributed by atoms with Crippen molar-refractivity contribution < 1.29 is 9.18 Å². The minimum absolute atomic E-state index is 0.258. The lowest BCUT2D eigenvalue weighted by atomic mass is 10.6. The number of nitrogens with one attached hydrogen (secondary N) is 2. The number of aromatic amines is 1. The Hall–Kier alpha value is -2.29. The zero-order valence-corrected chi connectivity index (χ0v) is 8.95. The van der Waals surface area contributed by atoms with Gasteiger partial charge in [0, 0.05) is 11.6 Å². The van der Waals surface area contributed by atoms with Crippen LogP contribution < -0.4 is 16.6 Å². The van der Waals surface area contributed by atoms with Crippen molar-refractivity contribution in [2.45, 2.75) is 0 Å². The number of nitrogens with zero attached hydrogens (tertiary/aromatic N) is 2. The van der Waals surface area contributed by atoms with E-state index in [4.69, 9.17) is 0 Å². The van der Waals surface area contributed by atoms with Crippen LogP contribution in [0.25, 0.3) is 0 Å². The molecule has 0 atom stereocenters. The first-order chi connectivity index (χ1) is 8.08. The number of amides is 1. The molecule has 2 aromatic rings. The van der Waals surface area contributed by atoms with Gasteiger partial charge in [-0.1, -0.05) is 0 Å². The first kappa shape index (κ1) is 11.2. The van der Waals surface area contributed by atoms with Crippen LogP contribution >= 0.6 is 11.3 Å². The SMILES string of the molecule is O=C(Nc1nccs1)n1cc(F)c(=O)[nH]c1=O. The van der Waals surface area contributed by atoms with Crippen LogP contribution in [0.2, 0.25) is 0 Å². The van der Waals surface area contributed by atoms with Gasteiger partial charge in [-0.2, -0.15) is 4.39 Å². The van der Waals surface area contributed by atoms with Gasteiger partial charge >= 0.3 is 11.7 Å². The maximum absolute atomic E-state index is 12.9. The van der Waals surface area contributed by atoms with Gasteiger partial charge in [0.25, 0.3) is 5.56 Å². The molecule has 0 aliphatic rings. The predicted octanol–water partition coefficient (Wildman–Crippen LogP) is 0.212. The first-order valence-electron chi connectivity index (χ1n) is 4.30.